The van der Waals surface area contributed by atoms with E-state index in [1.165, 1.54) is 56.2 Å². The molecule has 2 unspecified atom stereocenters. The molecule has 1 heterocycles. The first-order valence-electron chi connectivity index (χ1n) is 8.53. The average Bonchev–Trinajstić information content (AvgIpc) is 3.00. The highest BCUT2D eigenvalue weighted by Gasteiger charge is 2.42. The highest BCUT2D eigenvalue weighted by atomic mass is 32.1. The predicted octanol–water partition coefficient (Wildman–Crippen LogP) is 5.18. The predicted molar refractivity (Wildman–Crippen MR) is 86.1 cm³/mol. The molecule has 0 aliphatic heterocycles. The van der Waals surface area contributed by atoms with Gasteiger partial charge in [-0.1, -0.05) is 51.0 Å². The van der Waals surface area contributed by atoms with Crippen LogP contribution in [0.2, 0.25) is 0 Å². The van der Waals surface area contributed by atoms with E-state index in [9.17, 15) is 5.11 Å². The minimum atomic E-state index is -0.371. The van der Waals surface area contributed by atoms with Crippen molar-refractivity contribution in [2.75, 3.05) is 0 Å². The highest BCUT2D eigenvalue weighted by Crippen LogP contribution is 2.45. The van der Waals surface area contributed by atoms with Gasteiger partial charge in [0.2, 0.25) is 0 Å². The number of hydrogen-bond donors (Lipinski definition) is 1. The highest BCUT2D eigenvalue weighted by molar-refractivity contribution is 7.09. The van der Waals surface area contributed by atoms with E-state index >= 15 is 0 Å². The topological polar surface area (TPSA) is 20.2 Å². The molecule has 1 nitrogen and oxygen atoms in total. The van der Waals surface area contributed by atoms with Crippen LogP contribution in [0.3, 0.4) is 0 Å². The fourth-order valence-electron chi connectivity index (χ4n) is 4.57. The van der Waals surface area contributed by atoms with Crippen molar-refractivity contribution < 1.29 is 5.11 Å². The third kappa shape index (κ3) is 3.28. The van der Waals surface area contributed by atoms with E-state index in [0.29, 0.717) is 5.92 Å². The second-order valence-electron chi connectivity index (χ2n) is 6.93. The molecular weight excluding hydrogens is 264 g/mol. The van der Waals surface area contributed by atoms with Gasteiger partial charge in [0, 0.05) is 4.88 Å². The van der Waals surface area contributed by atoms with E-state index in [4.69, 9.17) is 0 Å². The molecule has 2 fully saturated rings. The van der Waals surface area contributed by atoms with Gasteiger partial charge in [-0.3, -0.25) is 0 Å². The van der Waals surface area contributed by atoms with Crippen molar-refractivity contribution in [3.8, 4) is 0 Å². The van der Waals surface area contributed by atoms with Crippen LogP contribution >= 0.6 is 11.3 Å². The fraction of sp³-hybridized carbons (Fsp3) is 0.778. The molecule has 2 saturated carbocycles. The maximum absolute atomic E-state index is 11.3. The molecule has 0 saturated heterocycles. The lowest BCUT2D eigenvalue weighted by molar-refractivity contribution is -0.0824. The number of aryl methyl sites for hydroxylation is 1. The zero-order chi connectivity index (χ0) is 13.8. The smallest absolute Gasteiger partial charge is 0.0681 e. The fourth-order valence-corrected chi connectivity index (χ4v) is 5.27. The van der Waals surface area contributed by atoms with E-state index in [1.807, 2.05) is 11.3 Å². The summed E-state index contributed by atoms with van der Waals surface area (Å²) in [5.41, 5.74) is -0.371. The largest absolute Gasteiger partial charge is 0.390 e. The first-order valence-corrected chi connectivity index (χ1v) is 9.41. The monoisotopic (exact) mass is 292 g/mol. The molecule has 112 valence electrons. The van der Waals surface area contributed by atoms with E-state index < -0.39 is 0 Å². The normalized spacial score (nSPS) is 32.4. The summed E-state index contributed by atoms with van der Waals surface area (Å²) in [6, 6.07) is 4.34. The van der Waals surface area contributed by atoms with Crippen LogP contribution in [0, 0.1) is 11.8 Å². The SMILES string of the molecule is OC1(CCc2cccs2)CCCCC1C1CCCCC1. The Bertz CT molecular complexity index is 394. The lowest BCUT2D eigenvalue weighted by Crippen LogP contribution is -2.45. The lowest BCUT2D eigenvalue weighted by atomic mass is 9.64. The molecule has 0 aromatic carbocycles. The molecule has 20 heavy (non-hydrogen) atoms. The van der Waals surface area contributed by atoms with Gasteiger partial charge in [-0.25, -0.2) is 0 Å². The Hall–Kier alpha value is -0.340. The average molecular weight is 292 g/mol. The van der Waals surface area contributed by atoms with Crippen LogP contribution in [0.15, 0.2) is 17.5 Å². The molecule has 2 atom stereocenters. The Labute approximate surface area is 127 Å². The maximum Gasteiger partial charge on any atom is 0.0681 e. The minimum Gasteiger partial charge on any atom is -0.390 e. The molecule has 1 aromatic heterocycles. The molecule has 0 spiro atoms. The molecule has 2 heteroatoms. The van der Waals surface area contributed by atoms with Crippen molar-refractivity contribution in [3.63, 3.8) is 0 Å². The second-order valence-corrected chi connectivity index (χ2v) is 7.97. The first kappa shape index (κ1) is 14.6. The molecule has 2 aliphatic carbocycles. The van der Waals surface area contributed by atoms with Gasteiger partial charge in [0.1, 0.15) is 0 Å². The second kappa shape index (κ2) is 6.62. The van der Waals surface area contributed by atoms with Crippen LogP contribution in [0.4, 0.5) is 0 Å². The molecule has 0 bridgehead atoms. The van der Waals surface area contributed by atoms with Crippen LogP contribution in [-0.4, -0.2) is 10.7 Å². The van der Waals surface area contributed by atoms with Crippen LogP contribution in [0.25, 0.3) is 0 Å². The van der Waals surface area contributed by atoms with Crippen LogP contribution < -0.4 is 0 Å². The number of hydrogen-bond acceptors (Lipinski definition) is 2. The van der Waals surface area contributed by atoms with Gasteiger partial charge < -0.3 is 5.11 Å². The van der Waals surface area contributed by atoms with E-state index in [1.54, 1.807) is 0 Å². The summed E-state index contributed by atoms with van der Waals surface area (Å²) in [6.07, 6.45) is 13.9. The summed E-state index contributed by atoms with van der Waals surface area (Å²) in [4.78, 5) is 1.44. The summed E-state index contributed by atoms with van der Waals surface area (Å²) >= 11 is 1.84. The Morgan fingerprint density at radius 3 is 2.65 bits per heavy atom. The van der Waals surface area contributed by atoms with Crippen molar-refractivity contribution >= 4 is 11.3 Å². The van der Waals surface area contributed by atoms with Crippen molar-refractivity contribution in [1.29, 1.82) is 0 Å². The molecule has 0 radical (unpaired) electrons. The summed E-state index contributed by atoms with van der Waals surface area (Å²) in [5.74, 6) is 1.38. The standard InChI is InChI=1S/C18H28OS/c19-18(13-11-16-9-6-14-20-16)12-5-4-10-17(18)15-7-2-1-3-8-15/h6,9,14-15,17,19H,1-5,7-8,10-13H2. The molecule has 1 N–H and O–H groups in total. The zero-order valence-corrected chi connectivity index (χ0v) is 13.3. The van der Waals surface area contributed by atoms with Gasteiger partial charge >= 0.3 is 0 Å². The van der Waals surface area contributed by atoms with Gasteiger partial charge in [-0.15, -0.1) is 11.3 Å². The Kier molecular flexibility index (Phi) is 4.83. The van der Waals surface area contributed by atoms with Gasteiger partial charge in [0.15, 0.2) is 0 Å². The molecule has 3 rings (SSSR count). The molecule has 1 aromatic rings. The third-order valence-corrected chi connectivity index (χ3v) is 6.60. The number of aliphatic hydroxyl groups is 1. The van der Waals surface area contributed by atoms with Gasteiger partial charge in [-0.05, 0) is 49.0 Å². The third-order valence-electron chi connectivity index (χ3n) is 5.67. The van der Waals surface area contributed by atoms with Crippen molar-refractivity contribution in [2.24, 2.45) is 11.8 Å². The maximum atomic E-state index is 11.3. The van der Waals surface area contributed by atoms with Crippen LogP contribution in [-0.2, 0) is 6.42 Å². The van der Waals surface area contributed by atoms with Gasteiger partial charge in [0.25, 0.3) is 0 Å². The van der Waals surface area contributed by atoms with Gasteiger partial charge in [0.05, 0.1) is 5.60 Å². The molecular formula is C18H28OS. The minimum absolute atomic E-state index is 0.371. The summed E-state index contributed by atoms with van der Waals surface area (Å²) in [6.45, 7) is 0. The number of rotatable bonds is 4. The molecule has 0 amide bonds. The summed E-state index contributed by atoms with van der Waals surface area (Å²) in [7, 11) is 0. The quantitative estimate of drug-likeness (QED) is 0.810. The first-order chi connectivity index (χ1) is 9.78. The van der Waals surface area contributed by atoms with E-state index in [-0.39, 0.29) is 5.60 Å². The summed E-state index contributed by atoms with van der Waals surface area (Å²) < 4.78 is 0. The van der Waals surface area contributed by atoms with Crippen molar-refractivity contribution in [2.45, 2.75) is 76.2 Å². The van der Waals surface area contributed by atoms with Crippen LogP contribution in [0.5, 0.6) is 0 Å². The van der Waals surface area contributed by atoms with E-state index in [0.717, 1.165) is 25.2 Å². The zero-order valence-electron chi connectivity index (χ0n) is 12.5. The Morgan fingerprint density at radius 1 is 1.10 bits per heavy atom. The lowest BCUT2D eigenvalue weighted by Gasteiger charge is -2.45. The van der Waals surface area contributed by atoms with E-state index in [2.05, 4.69) is 17.5 Å². The Morgan fingerprint density at radius 2 is 1.90 bits per heavy atom. The van der Waals surface area contributed by atoms with Crippen molar-refractivity contribution in [1.82, 2.24) is 0 Å². The molecule has 2 aliphatic rings. The summed E-state index contributed by atoms with van der Waals surface area (Å²) in [5, 5.41) is 13.4. The van der Waals surface area contributed by atoms with Crippen LogP contribution in [0.1, 0.15) is 69.1 Å². The van der Waals surface area contributed by atoms with Gasteiger partial charge in [-0.2, -0.15) is 0 Å². The number of thiophene rings is 1. The van der Waals surface area contributed by atoms with Crippen molar-refractivity contribution in [3.05, 3.63) is 22.4 Å². The Balaban J connectivity index is 1.66.